The van der Waals surface area contributed by atoms with Gasteiger partial charge in [0, 0.05) is 19.4 Å². The molecule has 1 N–H and O–H groups in total. The first-order valence-electron chi connectivity index (χ1n) is 7.87. The average molecular weight is 252 g/mol. The zero-order valence-electron chi connectivity index (χ0n) is 12.5. The molecule has 0 aromatic heterocycles. The standard InChI is InChI=1S/C17H32O/c1-3-17(2)15-13-11-9-7-5-4-6-8-10-12-14-16-18/h17-18H,3-4,6,8-16H2,1-2H3. The van der Waals surface area contributed by atoms with Crippen LogP contribution in [-0.4, -0.2) is 11.7 Å². The molecular weight excluding hydrogens is 220 g/mol. The predicted octanol–water partition coefficient (Wildman–Crippen LogP) is 4.93. The van der Waals surface area contributed by atoms with Crippen molar-refractivity contribution < 1.29 is 5.11 Å². The van der Waals surface area contributed by atoms with Crippen molar-refractivity contribution in [2.24, 2.45) is 5.92 Å². The number of hydrogen-bond donors (Lipinski definition) is 1. The van der Waals surface area contributed by atoms with Gasteiger partial charge in [-0.25, -0.2) is 0 Å². The van der Waals surface area contributed by atoms with Gasteiger partial charge in [-0.1, -0.05) is 52.4 Å². The molecule has 18 heavy (non-hydrogen) atoms. The van der Waals surface area contributed by atoms with Crippen molar-refractivity contribution in [2.45, 2.75) is 84.5 Å². The highest BCUT2D eigenvalue weighted by Crippen LogP contribution is 2.11. The van der Waals surface area contributed by atoms with E-state index in [2.05, 4.69) is 25.7 Å². The third kappa shape index (κ3) is 13.6. The van der Waals surface area contributed by atoms with Crippen LogP contribution in [0.25, 0.3) is 0 Å². The van der Waals surface area contributed by atoms with Gasteiger partial charge in [-0.15, -0.1) is 11.8 Å². The number of aliphatic hydroxyl groups is 1. The zero-order valence-corrected chi connectivity index (χ0v) is 12.5. The lowest BCUT2D eigenvalue weighted by molar-refractivity contribution is 0.282. The van der Waals surface area contributed by atoms with Crippen molar-refractivity contribution in [1.29, 1.82) is 0 Å². The van der Waals surface area contributed by atoms with E-state index in [0.29, 0.717) is 6.61 Å². The van der Waals surface area contributed by atoms with Crippen molar-refractivity contribution in [3.63, 3.8) is 0 Å². The molecule has 0 bridgehead atoms. The molecule has 1 nitrogen and oxygen atoms in total. The Kier molecular flexibility index (Phi) is 14.2. The average Bonchev–Trinajstić information content (AvgIpc) is 2.39. The highest BCUT2D eigenvalue weighted by atomic mass is 16.2. The minimum atomic E-state index is 0.344. The Morgan fingerprint density at radius 1 is 0.833 bits per heavy atom. The lowest BCUT2D eigenvalue weighted by Crippen LogP contribution is -1.90. The van der Waals surface area contributed by atoms with Gasteiger partial charge >= 0.3 is 0 Å². The summed E-state index contributed by atoms with van der Waals surface area (Å²) in [6.45, 7) is 4.95. The van der Waals surface area contributed by atoms with Crippen LogP contribution in [0.1, 0.15) is 84.5 Å². The second-order valence-corrected chi connectivity index (χ2v) is 5.35. The Morgan fingerprint density at radius 3 is 2.00 bits per heavy atom. The summed E-state index contributed by atoms with van der Waals surface area (Å²) in [5.74, 6) is 7.45. The van der Waals surface area contributed by atoms with E-state index in [0.717, 1.165) is 25.2 Å². The van der Waals surface area contributed by atoms with Gasteiger partial charge in [0.05, 0.1) is 0 Å². The molecule has 0 aliphatic rings. The van der Waals surface area contributed by atoms with E-state index < -0.39 is 0 Å². The molecule has 0 amide bonds. The zero-order chi connectivity index (χ0) is 13.5. The van der Waals surface area contributed by atoms with Crippen molar-refractivity contribution in [3.8, 4) is 11.8 Å². The molecule has 0 heterocycles. The SMILES string of the molecule is CCC(C)CCCCC#CCCCCCCCO. The molecule has 0 aromatic carbocycles. The first kappa shape index (κ1) is 17.5. The predicted molar refractivity (Wildman–Crippen MR) is 80.5 cm³/mol. The summed E-state index contributed by atoms with van der Waals surface area (Å²) in [5.41, 5.74) is 0. The maximum Gasteiger partial charge on any atom is 0.0431 e. The fourth-order valence-corrected chi connectivity index (χ4v) is 1.94. The summed E-state index contributed by atoms with van der Waals surface area (Å²) in [6, 6.07) is 0. The Labute approximate surface area is 114 Å². The number of unbranched alkanes of at least 4 members (excludes halogenated alkanes) is 7. The quantitative estimate of drug-likeness (QED) is 0.408. The third-order valence-electron chi connectivity index (χ3n) is 3.53. The van der Waals surface area contributed by atoms with Crippen LogP contribution in [0, 0.1) is 17.8 Å². The molecule has 0 fully saturated rings. The van der Waals surface area contributed by atoms with Crippen molar-refractivity contribution in [1.82, 2.24) is 0 Å². The van der Waals surface area contributed by atoms with Crippen LogP contribution in [0.15, 0.2) is 0 Å². The summed E-state index contributed by atoms with van der Waals surface area (Å²) >= 11 is 0. The molecule has 0 aromatic rings. The van der Waals surface area contributed by atoms with Crippen LogP contribution >= 0.6 is 0 Å². The number of hydrogen-bond acceptors (Lipinski definition) is 1. The first-order chi connectivity index (χ1) is 8.81. The Hall–Kier alpha value is -0.480. The third-order valence-corrected chi connectivity index (χ3v) is 3.53. The molecule has 0 saturated carbocycles. The van der Waals surface area contributed by atoms with Gasteiger partial charge in [0.15, 0.2) is 0 Å². The lowest BCUT2D eigenvalue weighted by Gasteiger charge is -2.05. The minimum Gasteiger partial charge on any atom is -0.396 e. The topological polar surface area (TPSA) is 20.2 Å². The Morgan fingerprint density at radius 2 is 1.39 bits per heavy atom. The van der Waals surface area contributed by atoms with Crippen LogP contribution in [0.3, 0.4) is 0 Å². The molecule has 0 aliphatic heterocycles. The van der Waals surface area contributed by atoms with E-state index in [1.165, 1.54) is 51.4 Å². The van der Waals surface area contributed by atoms with Crippen LogP contribution < -0.4 is 0 Å². The highest BCUT2D eigenvalue weighted by Gasteiger charge is 1.96. The summed E-state index contributed by atoms with van der Waals surface area (Å²) < 4.78 is 0. The Bertz CT molecular complexity index is 211. The maximum atomic E-state index is 8.64. The maximum absolute atomic E-state index is 8.64. The highest BCUT2D eigenvalue weighted by molar-refractivity contribution is 4.98. The second-order valence-electron chi connectivity index (χ2n) is 5.35. The number of rotatable bonds is 11. The van der Waals surface area contributed by atoms with Crippen LogP contribution in [0.4, 0.5) is 0 Å². The van der Waals surface area contributed by atoms with Crippen molar-refractivity contribution in [2.75, 3.05) is 6.61 Å². The van der Waals surface area contributed by atoms with Gasteiger partial charge in [-0.3, -0.25) is 0 Å². The van der Waals surface area contributed by atoms with Crippen LogP contribution in [0.2, 0.25) is 0 Å². The molecule has 0 saturated heterocycles. The van der Waals surface area contributed by atoms with Crippen LogP contribution in [-0.2, 0) is 0 Å². The largest absolute Gasteiger partial charge is 0.396 e. The van der Waals surface area contributed by atoms with E-state index in [1.807, 2.05) is 0 Å². The van der Waals surface area contributed by atoms with E-state index >= 15 is 0 Å². The van der Waals surface area contributed by atoms with Crippen molar-refractivity contribution >= 4 is 0 Å². The van der Waals surface area contributed by atoms with Gasteiger partial charge < -0.3 is 5.11 Å². The molecular formula is C17H32O. The second kappa shape index (κ2) is 14.6. The Balaban J connectivity index is 3.14. The molecule has 106 valence electrons. The summed E-state index contributed by atoms with van der Waals surface area (Å²) in [6.07, 6.45) is 13.3. The normalized spacial score (nSPS) is 11.9. The van der Waals surface area contributed by atoms with Crippen LogP contribution in [0.5, 0.6) is 0 Å². The van der Waals surface area contributed by atoms with Gasteiger partial charge in [0.2, 0.25) is 0 Å². The van der Waals surface area contributed by atoms with E-state index in [1.54, 1.807) is 0 Å². The molecule has 1 heteroatoms. The number of aliphatic hydroxyl groups excluding tert-OH is 1. The molecule has 0 radical (unpaired) electrons. The van der Waals surface area contributed by atoms with E-state index in [-0.39, 0.29) is 0 Å². The summed E-state index contributed by atoms with van der Waals surface area (Å²) in [5, 5.41) is 8.64. The molecule has 0 aliphatic carbocycles. The molecule has 1 atom stereocenters. The van der Waals surface area contributed by atoms with Gasteiger partial charge in [-0.05, 0) is 25.2 Å². The van der Waals surface area contributed by atoms with E-state index in [9.17, 15) is 0 Å². The first-order valence-corrected chi connectivity index (χ1v) is 7.87. The fourth-order valence-electron chi connectivity index (χ4n) is 1.94. The molecule has 0 rings (SSSR count). The minimum absolute atomic E-state index is 0.344. The smallest absolute Gasteiger partial charge is 0.0431 e. The summed E-state index contributed by atoms with van der Waals surface area (Å²) in [7, 11) is 0. The van der Waals surface area contributed by atoms with Gasteiger partial charge in [0.25, 0.3) is 0 Å². The lowest BCUT2D eigenvalue weighted by atomic mass is 10.0. The molecule has 1 unspecified atom stereocenters. The van der Waals surface area contributed by atoms with E-state index in [4.69, 9.17) is 5.11 Å². The fraction of sp³-hybridized carbons (Fsp3) is 0.882. The van der Waals surface area contributed by atoms with Gasteiger partial charge in [-0.2, -0.15) is 0 Å². The summed E-state index contributed by atoms with van der Waals surface area (Å²) in [4.78, 5) is 0. The monoisotopic (exact) mass is 252 g/mol. The van der Waals surface area contributed by atoms with Gasteiger partial charge in [0.1, 0.15) is 0 Å². The molecule has 0 spiro atoms. The van der Waals surface area contributed by atoms with Crippen molar-refractivity contribution in [3.05, 3.63) is 0 Å².